The van der Waals surface area contributed by atoms with Gasteiger partial charge in [0.15, 0.2) is 0 Å². The number of ether oxygens (including phenoxy) is 2. The van der Waals surface area contributed by atoms with E-state index in [1.807, 2.05) is 13.8 Å². The molecule has 0 N–H and O–H groups in total. The summed E-state index contributed by atoms with van der Waals surface area (Å²) in [7, 11) is 0. The molecule has 0 saturated carbocycles. The molecule has 0 unspecified atom stereocenters. The Morgan fingerprint density at radius 2 is 1.48 bits per heavy atom. The maximum atomic E-state index is 5.75. The molecule has 122 valence electrons. The molecule has 1 heterocycles. The third-order valence-corrected chi connectivity index (χ3v) is 4.92. The molecule has 0 aromatic carbocycles. The highest BCUT2D eigenvalue weighted by Gasteiger charge is 2.33. The maximum Gasteiger partial charge on any atom is 0.316 e. The monoisotopic (exact) mass is 332 g/mol. The molecule has 0 spiro atoms. The van der Waals surface area contributed by atoms with E-state index in [0.717, 1.165) is 11.5 Å². The SMILES string of the molecule is CC(C)CSCOC1=NC(C)(C)C(OCSCC(C)C)=N1. The first-order valence-corrected chi connectivity index (χ1v) is 9.72. The van der Waals surface area contributed by atoms with Gasteiger partial charge in [0.25, 0.3) is 0 Å². The maximum absolute atomic E-state index is 5.75. The lowest BCUT2D eigenvalue weighted by Crippen LogP contribution is -2.28. The van der Waals surface area contributed by atoms with Gasteiger partial charge in [-0.2, -0.15) is 4.99 Å². The predicted molar refractivity (Wildman–Crippen MR) is 95.4 cm³/mol. The van der Waals surface area contributed by atoms with Gasteiger partial charge in [0.05, 0.1) is 0 Å². The first-order chi connectivity index (χ1) is 9.81. The Balaban J connectivity index is 2.34. The number of hydrogen-bond acceptors (Lipinski definition) is 6. The van der Waals surface area contributed by atoms with Gasteiger partial charge in [0.1, 0.15) is 17.4 Å². The molecule has 0 saturated heterocycles. The Hall–Kier alpha value is -0.360. The van der Waals surface area contributed by atoms with Crippen LogP contribution in [0.4, 0.5) is 0 Å². The minimum absolute atomic E-state index is 0.420. The van der Waals surface area contributed by atoms with Crippen molar-refractivity contribution in [2.45, 2.75) is 47.1 Å². The zero-order valence-electron chi connectivity index (χ0n) is 14.0. The van der Waals surface area contributed by atoms with E-state index in [1.54, 1.807) is 23.5 Å². The summed E-state index contributed by atoms with van der Waals surface area (Å²) in [4.78, 5) is 8.85. The zero-order valence-corrected chi connectivity index (χ0v) is 15.6. The van der Waals surface area contributed by atoms with Gasteiger partial charge >= 0.3 is 6.02 Å². The topological polar surface area (TPSA) is 43.2 Å². The molecule has 6 heteroatoms. The van der Waals surface area contributed by atoms with E-state index >= 15 is 0 Å². The lowest BCUT2D eigenvalue weighted by Gasteiger charge is -2.17. The van der Waals surface area contributed by atoms with E-state index in [4.69, 9.17) is 9.47 Å². The van der Waals surface area contributed by atoms with Crippen molar-refractivity contribution in [3.05, 3.63) is 0 Å². The second-order valence-corrected chi connectivity index (χ2v) is 8.38. The van der Waals surface area contributed by atoms with Gasteiger partial charge in [-0.25, -0.2) is 4.99 Å². The summed E-state index contributed by atoms with van der Waals surface area (Å²) in [6.07, 6.45) is 0. The van der Waals surface area contributed by atoms with Crippen molar-refractivity contribution in [1.82, 2.24) is 0 Å². The lowest BCUT2D eigenvalue weighted by atomic mass is 10.1. The van der Waals surface area contributed by atoms with Crippen LogP contribution in [0.5, 0.6) is 0 Å². The van der Waals surface area contributed by atoms with E-state index in [9.17, 15) is 0 Å². The standard InChI is InChI=1S/C15H28N2O2S2/c1-11(2)7-20-9-18-13-15(5,6)17-14(16-13)19-10-21-8-12(3)4/h11-12H,7-10H2,1-6H3. The second-order valence-electron chi connectivity index (χ2n) is 6.42. The molecule has 0 aromatic rings. The van der Waals surface area contributed by atoms with Crippen LogP contribution in [0.2, 0.25) is 0 Å². The number of amidine groups is 1. The van der Waals surface area contributed by atoms with Crippen LogP contribution >= 0.6 is 23.5 Å². The Kier molecular flexibility index (Phi) is 7.95. The van der Waals surface area contributed by atoms with E-state index in [0.29, 0.717) is 35.6 Å². The molecule has 0 aliphatic carbocycles. The fraction of sp³-hybridized carbons (Fsp3) is 0.867. The van der Waals surface area contributed by atoms with Gasteiger partial charge < -0.3 is 9.47 Å². The summed E-state index contributed by atoms with van der Waals surface area (Å²) in [5.41, 5.74) is -0.420. The molecule has 0 bridgehead atoms. The molecule has 1 aliphatic rings. The molecular weight excluding hydrogens is 304 g/mol. The molecule has 21 heavy (non-hydrogen) atoms. The van der Waals surface area contributed by atoms with Crippen LogP contribution in [0.1, 0.15) is 41.5 Å². The van der Waals surface area contributed by atoms with Crippen molar-refractivity contribution in [2.24, 2.45) is 21.8 Å². The van der Waals surface area contributed by atoms with Crippen molar-refractivity contribution in [3.8, 4) is 0 Å². The number of thioether (sulfide) groups is 2. The van der Waals surface area contributed by atoms with Crippen molar-refractivity contribution in [3.63, 3.8) is 0 Å². The lowest BCUT2D eigenvalue weighted by molar-refractivity contribution is 0.347. The molecule has 0 aromatic heterocycles. The third kappa shape index (κ3) is 7.45. The van der Waals surface area contributed by atoms with Crippen LogP contribution in [0, 0.1) is 11.8 Å². The summed E-state index contributed by atoms with van der Waals surface area (Å²) in [6.45, 7) is 12.8. The van der Waals surface area contributed by atoms with Gasteiger partial charge in [-0.05, 0) is 37.2 Å². The smallest absolute Gasteiger partial charge is 0.316 e. The molecule has 0 fully saturated rings. The minimum Gasteiger partial charge on any atom is -0.468 e. The highest BCUT2D eigenvalue weighted by molar-refractivity contribution is 7.99. The van der Waals surface area contributed by atoms with Gasteiger partial charge in [-0.15, -0.1) is 23.5 Å². The number of nitrogens with zero attached hydrogens (tertiary/aromatic N) is 2. The summed E-state index contributed by atoms with van der Waals surface area (Å²) in [5, 5.41) is 0. The molecule has 4 nitrogen and oxygen atoms in total. The number of rotatable bonds is 8. The highest BCUT2D eigenvalue weighted by atomic mass is 32.2. The molecule has 0 amide bonds. The summed E-state index contributed by atoms with van der Waals surface area (Å²) in [6, 6.07) is 0.445. The Morgan fingerprint density at radius 1 is 0.952 bits per heavy atom. The molecular formula is C15H28N2O2S2. The summed E-state index contributed by atoms with van der Waals surface area (Å²) < 4.78 is 11.4. The van der Waals surface area contributed by atoms with E-state index in [-0.39, 0.29) is 0 Å². The van der Waals surface area contributed by atoms with Crippen LogP contribution in [0.15, 0.2) is 9.98 Å². The van der Waals surface area contributed by atoms with Crippen molar-refractivity contribution >= 4 is 35.4 Å². The normalized spacial score (nSPS) is 17.1. The number of aliphatic imine (C=N–C) groups is 2. The van der Waals surface area contributed by atoms with Gasteiger partial charge in [0.2, 0.25) is 5.90 Å². The molecule has 0 radical (unpaired) electrons. The van der Waals surface area contributed by atoms with Crippen molar-refractivity contribution in [1.29, 1.82) is 0 Å². The van der Waals surface area contributed by atoms with Crippen LogP contribution in [-0.2, 0) is 9.47 Å². The van der Waals surface area contributed by atoms with Gasteiger partial charge in [0, 0.05) is 0 Å². The Morgan fingerprint density at radius 3 is 2.00 bits per heavy atom. The minimum atomic E-state index is -0.420. The van der Waals surface area contributed by atoms with Crippen LogP contribution in [-0.4, -0.2) is 40.8 Å². The first-order valence-electron chi connectivity index (χ1n) is 7.41. The van der Waals surface area contributed by atoms with Crippen LogP contribution in [0.25, 0.3) is 0 Å². The quantitative estimate of drug-likeness (QED) is 0.492. The largest absolute Gasteiger partial charge is 0.468 e. The van der Waals surface area contributed by atoms with Gasteiger partial charge in [-0.3, -0.25) is 0 Å². The predicted octanol–water partition coefficient (Wildman–Crippen LogP) is 4.26. The first kappa shape index (κ1) is 18.7. The molecule has 1 rings (SSSR count). The Labute approximate surface area is 137 Å². The second kappa shape index (κ2) is 8.93. The fourth-order valence-electron chi connectivity index (χ4n) is 1.57. The molecule has 0 atom stereocenters. The fourth-order valence-corrected chi connectivity index (χ4v) is 3.09. The van der Waals surface area contributed by atoms with Crippen LogP contribution < -0.4 is 0 Å². The Bertz CT molecular complexity index is 380. The van der Waals surface area contributed by atoms with Crippen molar-refractivity contribution in [2.75, 3.05) is 23.4 Å². The average Bonchev–Trinajstić information content (AvgIpc) is 2.65. The zero-order chi connectivity index (χ0) is 15.9. The molecule has 1 aliphatic heterocycles. The van der Waals surface area contributed by atoms with Crippen molar-refractivity contribution < 1.29 is 9.47 Å². The van der Waals surface area contributed by atoms with E-state index in [2.05, 4.69) is 37.7 Å². The third-order valence-electron chi connectivity index (χ3n) is 2.55. The number of hydrogen-bond donors (Lipinski definition) is 0. The van der Waals surface area contributed by atoms with E-state index < -0.39 is 5.54 Å². The summed E-state index contributed by atoms with van der Waals surface area (Å²) in [5.74, 6) is 5.37. The average molecular weight is 333 g/mol. The van der Waals surface area contributed by atoms with E-state index in [1.165, 1.54) is 0 Å². The highest BCUT2D eigenvalue weighted by Crippen LogP contribution is 2.22. The van der Waals surface area contributed by atoms with Gasteiger partial charge in [-0.1, -0.05) is 27.7 Å². The summed E-state index contributed by atoms with van der Waals surface area (Å²) >= 11 is 3.53. The van der Waals surface area contributed by atoms with Crippen LogP contribution in [0.3, 0.4) is 0 Å².